The van der Waals surface area contributed by atoms with E-state index in [1.54, 1.807) is 12.1 Å². The standard InChI is InChI=1S/C17H17N5/c18-11-14(12-19)17(13-20)21-15-5-7-16(8-6-15)22-9-3-1-2-4-10-22/h5-8,21H,1-4,9-10H2. The second-order valence-electron chi connectivity index (χ2n) is 5.16. The van der Waals surface area contributed by atoms with Gasteiger partial charge in [0, 0.05) is 24.5 Å². The number of nitrogens with zero attached hydrogens (tertiary/aromatic N) is 4. The number of rotatable bonds is 3. The molecular weight excluding hydrogens is 274 g/mol. The van der Waals surface area contributed by atoms with E-state index >= 15 is 0 Å². The fraction of sp³-hybridized carbons (Fsp3) is 0.353. The molecule has 1 aromatic rings. The Kier molecular flexibility index (Phi) is 5.41. The van der Waals surface area contributed by atoms with Crippen LogP contribution in [0.25, 0.3) is 0 Å². The number of anilines is 2. The van der Waals surface area contributed by atoms with E-state index in [4.69, 9.17) is 15.8 Å². The molecule has 1 aromatic carbocycles. The summed E-state index contributed by atoms with van der Waals surface area (Å²) in [6.45, 7) is 2.15. The van der Waals surface area contributed by atoms with Crippen molar-refractivity contribution in [3.05, 3.63) is 35.5 Å². The first-order valence-corrected chi connectivity index (χ1v) is 7.35. The average Bonchev–Trinajstić information content (AvgIpc) is 2.85. The summed E-state index contributed by atoms with van der Waals surface area (Å²) >= 11 is 0. The zero-order chi connectivity index (χ0) is 15.8. The van der Waals surface area contributed by atoms with Gasteiger partial charge in [-0.25, -0.2) is 0 Å². The van der Waals surface area contributed by atoms with Gasteiger partial charge in [0.25, 0.3) is 0 Å². The predicted molar refractivity (Wildman–Crippen MR) is 84.6 cm³/mol. The summed E-state index contributed by atoms with van der Waals surface area (Å²) in [5, 5.41) is 29.5. The topological polar surface area (TPSA) is 86.6 Å². The molecule has 0 saturated carbocycles. The minimum Gasteiger partial charge on any atom is -0.372 e. The molecule has 0 atom stereocenters. The molecular formula is C17H17N5. The molecule has 2 rings (SSSR count). The molecule has 22 heavy (non-hydrogen) atoms. The van der Waals surface area contributed by atoms with Gasteiger partial charge in [-0.15, -0.1) is 0 Å². The summed E-state index contributed by atoms with van der Waals surface area (Å²) in [7, 11) is 0. The Balaban J connectivity index is 2.12. The molecule has 0 aliphatic carbocycles. The van der Waals surface area contributed by atoms with Crippen molar-refractivity contribution in [3.8, 4) is 18.2 Å². The van der Waals surface area contributed by atoms with E-state index in [-0.39, 0.29) is 11.3 Å². The van der Waals surface area contributed by atoms with Crippen molar-refractivity contribution in [2.75, 3.05) is 23.3 Å². The Bertz CT molecular complexity index is 643. The number of allylic oxidation sites excluding steroid dienone is 2. The largest absolute Gasteiger partial charge is 0.372 e. The minimum atomic E-state index is -0.209. The maximum atomic E-state index is 9.03. The van der Waals surface area contributed by atoms with Crippen LogP contribution in [0.15, 0.2) is 35.5 Å². The van der Waals surface area contributed by atoms with Gasteiger partial charge in [0.1, 0.15) is 23.9 Å². The number of nitrogens with one attached hydrogen (secondary N) is 1. The van der Waals surface area contributed by atoms with Gasteiger partial charge < -0.3 is 10.2 Å². The molecule has 1 N–H and O–H groups in total. The molecule has 1 heterocycles. The van der Waals surface area contributed by atoms with Crippen molar-refractivity contribution in [1.29, 1.82) is 15.8 Å². The zero-order valence-electron chi connectivity index (χ0n) is 12.3. The third kappa shape index (κ3) is 3.78. The van der Waals surface area contributed by atoms with E-state index < -0.39 is 0 Å². The van der Waals surface area contributed by atoms with Crippen LogP contribution in [-0.2, 0) is 0 Å². The molecule has 1 saturated heterocycles. The van der Waals surface area contributed by atoms with Gasteiger partial charge in [-0.1, -0.05) is 12.8 Å². The van der Waals surface area contributed by atoms with E-state index in [9.17, 15) is 0 Å². The zero-order valence-corrected chi connectivity index (χ0v) is 12.3. The highest BCUT2D eigenvalue weighted by Gasteiger charge is 2.10. The van der Waals surface area contributed by atoms with Crippen molar-refractivity contribution in [2.45, 2.75) is 25.7 Å². The van der Waals surface area contributed by atoms with Gasteiger partial charge in [-0.3, -0.25) is 0 Å². The van der Waals surface area contributed by atoms with Gasteiger partial charge in [-0.05, 0) is 37.1 Å². The highest BCUT2D eigenvalue weighted by Crippen LogP contribution is 2.22. The SMILES string of the molecule is N#CC(C#N)=C(C#N)Nc1ccc(N2CCCCCC2)cc1. The van der Waals surface area contributed by atoms with Crippen LogP contribution in [0.3, 0.4) is 0 Å². The molecule has 5 nitrogen and oxygen atoms in total. The first-order chi connectivity index (χ1) is 10.8. The van der Waals surface area contributed by atoms with Crippen LogP contribution in [-0.4, -0.2) is 13.1 Å². The summed E-state index contributed by atoms with van der Waals surface area (Å²) in [6.07, 6.45) is 5.01. The fourth-order valence-electron chi connectivity index (χ4n) is 2.51. The van der Waals surface area contributed by atoms with Crippen LogP contribution in [0.2, 0.25) is 0 Å². The lowest BCUT2D eigenvalue weighted by atomic mass is 10.2. The van der Waals surface area contributed by atoms with Crippen LogP contribution in [0, 0.1) is 34.0 Å². The molecule has 0 unspecified atom stereocenters. The quantitative estimate of drug-likeness (QED) is 0.863. The molecule has 1 fully saturated rings. The molecule has 0 radical (unpaired) electrons. The number of hydrogen-bond acceptors (Lipinski definition) is 5. The van der Waals surface area contributed by atoms with Crippen LogP contribution >= 0.6 is 0 Å². The van der Waals surface area contributed by atoms with Crippen molar-refractivity contribution in [3.63, 3.8) is 0 Å². The van der Waals surface area contributed by atoms with Crippen molar-refractivity contribution in [1.82, 2.24) is 0 Å². The third-order valence-corrected chi connectivity index (χ3v) is 3.69. The Hall–Kier alpha value is -2.97. The smallest absolute Gasteiger partial charge is 0.163 e. The van der Waals surface area contributed by atoms with Crippen molar-refractivity contribution >= 4 is 11.4 Å². The Morgan fingerprint density at radius 2 is 1.45 bits per heavy atom. The van der Waals surface area contributed by atoms with Gasteiger partial charge in [-0.2, -0.15) is 15.8 Å². The summed E-state index contributed by atoms with van der Waals surface area (Å²) in [5.74, 6) is 0. The number of hydrogen-bond donors (Lipinski definition) is 1. The molecule has 0 bridgehead atoms. The highest BCUT2D eigenvalue weighted by molar-refractivity contribution is 5.61. The lowest BCUT2D eigenvalue weighted by molar-refractivity contribution is 0.726. The molecule has 0 spiro atoms. The average molecular weight is 291 g/mol. The van der Waals surface area contributed by atoms with Crippen LogP contribution in [0.1, 0.15) is 25.7 Å². The highest BCUT2D eigenvalue weighted by atomic mass is 15.1. The summed E-state index contributed by atoms with van der Waals surface area (Å²) in [5.41, 5.74) is 1.63. The maximum absolute atomic E-state index is 9.03. The summed E-state index contributed by atoms with van der Waals surface area (Å²) in [4.78, 5) is 2.37. The Morgan fingerprint density at radius 3 is 1.95 bits per heavy atom. The first-order valence-electron chi connectivity index (χ1n) is 7.35. The molecule has 110 valence electrons. The van der Waals surface area contributed by atoms with Crippen LogP contribution in [0.5, 0.6) is 0 Å². The third-order valence-electron chi connectivity index (χ3n) is 3.69. The van der Waals surface area contributed by atoms with Gasteiger partial charge >= 0.3 is 0 Å². The first kappa shape index (κ1) is 15.4. The summed E-state index contributed by atoms with van der Waals surface area (Å²) < 4.78 is 0. The Morgan fingerprint density at radius 1 is 0.864 bits per heavy atom. The van der Waals surface area contributed by atoms with Gasteiger partial charge in [0.05, 0.1) is 0 Å². The molecule has 1 aliphatic heterocycles. The van der Waals surface area contributed by atoms with Crippen molar-refractivity contribution in [2.24, 2.45) is 0 Å². The van der Waals surface area contributed by atoms with Gasteiger partial charge in [0.2, 0.25) is 0 Å². The minimum absolute atomic E-state index is 0.0208. The van der Waals surface area contributed by atoms with E-state index in [1.165, 1.54) is 25.7 Å². The molecule has 0 amide bonds. The van der Waals surface area contributed by atoms with E-state index in [0.29, 0.717) is 5.69 Å². The van der Waals surface area contributed by atoms with E-state index in [0.717, 1.165) is 18.8 Å². The predicted octanol–water partition coefficient (Wildman–Crippen LogP) is 3.30. The van der Waals surface area contributed by atoms with Crippen molar-refractivity contribution < 1.29 is 0 Å². The Labute approximate surface area is 130 Å². The normalized spacial score (nSPS) is 14.0. The van der Waals surface area contributed by atoms with Gasteiger partial charge in [0.15, 0.2) is 5.57 Å². The lowest BCUT2D eigenvalue weighted by Gasteiger charge is -2.22. The van der Waals surface area contributed by atoms with E-state index in [1.807, 2.05) is 30.3 Å². The van der Waals surface area contributed by atoms with E-state index in [2.05, 4.69) is 10.2 Å². The fourth-order valence-corrected chi connectivity index (χ4v) is 2.51. The molecule has 1 aliphatic rings. The number of nitriles is 3. The number of benzene rings is 1. The monoisotopic (exact) mass is 291 g/mol. The molecule has 0 aromatic heterocycles. The lowest BCUT2D eigenvalue weighted by Crippen LogP contribution is -2.23. The molecule has 5 heteroatoms. The van der Waals surface area contributed by atoms with Crippen LogP contribution in [0.4, 0.5) is 11.4 Å². The second kappa shape index (κ2) is 7.72. The second-order valence-corrected chi connectivity index (χ2v) is 5.16. The summed E-state index contributed by atoms with van der Waals surface area (Å²) in [6, 6.07) is 13.0. The van der Waals surface area contributed by atoms with Crippen LogP contribution < -0.4 is 10.2 Å². The maximum Gasteiger partial charge on any atom is 0.163 e.